The van der Waals surface area contributed by atoms with Gasteiger partial charge < -0.3 is 20.9 Å². The van der Waals surface area contributed by atoms with E-state index in [1.54, 1.807) is 0 Å². The highest BCUT2D eigenvalue weighted by molar-refractivity contribution is 7.28. The predicted molar refractivity (Wildman–Crippen MR) is 78.9 cm³/mol. The van der Waals surface area contributed by atoms with E-state index in [4.69, 9.17) is 0 Å². The first-order chi connectivity index (χ1) is 8.90. The first kappa shape index (κ1) is 9.76. The summed E-state index contributed by atoms with van der Waals surface area (Å²) >= 11 is 0. The van der Waals surface area contributed by atoms with E-state index in [2.05, 4.69) is 45.2 Å². The van der Waals surface area contributed by atoms with Crippen LogP contribution in [0.15, 0.2) is 48.5 Å². The fourth-order valence-electron chi connectivity index (χ4n) is 2.55. The van der Waals surface area contributed by atoms with E-state index in [9.17, 15) is 0 Å². The van der Waals surface area contributed by atoms with Crippen molar-refractivity contribution in [1.29, 1.82) is 0 Å². The second kappa shape index (κ2) is 3.63. The van der Waals surface area contributed by atoms with Gasteiger partial charge in [-0.1, -0.05) is 24.3 Å². The van der Waals surface area contributed by atoms with Crippen LogP contribution < -0.4 is 20.9 Å². The fourth-order valence-corrected chi connectivity index (χ4v) is 2.55. The molecular weight excluding hydrogens is 222 g/mol. The molecule has 2 aliphatic heterocycles. The number of nitrogens with one attached hydrogen (secondary N) is 4. The number of hydrogen-bond acceptors (Lipinski definition) is 4. The molecule has 86 valence electrons. The van der Waals surface area contributed by atoms with Gasteiger partial charge in [0.05, 0.1) is 0 Å². The lowest BCUT2D eigenvalue weighted by atomic mass is 9.35. The van der Waals surface area contributed by atoms with Crippen molar-refractivity contribution < 1.29 is 0 Å². The Morgan fingerprint density at radius 1 is 0.500 bits per heavy atom. The maximum absolute atomic E-state index is 3.48. The van der Waals surface area contributed by atoms with Crippen molar-refractivity contribution in [2.24, 2.45) is 0 Å². The van der Waals surface area contributed by atoms with Crippen molar-refractivity contribution in [3.63, 3.8) is 0 Å². The van der Waals surface area contributed by atoms with Crippen LogP contribution in [-0.2, 0) is 0 Å². The Morgan fingerprint density at radius 3 is 1.06 bits per heavy atom. The van der Waals surface area contributed by atoms with Gasteiger partial charge in [0.2, 0.25) is 0 Å². The minimum Gasteiger partial charge on any atom is -0.411 e. The standard InChI is InChI=1S/C12H12B2N4/c1-2-6-10-9(5-1)15-13(16-10)14-17-11-7-3-4-8-12(11)18-14/h1-8,15-18H. The molecule has 0 amide bonds. The van der Waals surface area contributed by atoms with Crippen LogP contribution >= 0.6 is 0 Å². The van der Waals surface area contributed by atoms with E-state index in [0.29, 0.717) is 0 Å². The van der Waals surface area contributed by atoms with Gasteiger partial charge in [0.1, 0.15) is 0 Å². The quantitative estimate of drug-likeness (QED) is 0.570. The SMILES string of the molecule is c1ccc2c(c1)NB(B1Nc3ccccc3N1)N2. The van der Waals surface area contributed by atoms with Crippen molar-refractivity contribution in [3.05, 3.63) is 48.5 Å². The molecule has 0 saturated heterocycles. The zero-order valence-electron chi connectivity index (χ0n) is 9.77. The Morgan fingerprint density at radius 2 is 0.778 bits per heavy atom. The fraction of sp³-hybridized carbons (Fsp3) is 0. The van der Waals surface area contributed by atoms with Crippen molar-refractivity contribution in [2.45, 2.75) is 0 Å². The second-order valence-electron chi connectivity index (χ2n) is 4.62. The molecule has 18 heavy (non-hydrogen) atoms. The van der Waals surface area contributed by atoms with Gasteiger partial charge >= 0.3 is 13.7 Å². The van der Waals surface area contributed by atoms with E-state index in [1.165, 1.54) is 0 Å². The van der Waals surface area contributed by atoms with Gasteiger partial charge in [0, 0.05) is 22.7 Å². The number of hydrogen-bond donors (Lipinski definition) is 4. The number of fused-ring (bicyclic) bond motifs is 2. The van der Waals surface area contributed by atoms with Crippen molar-refractivity contribution in [2.75, 3.05) is 20.9 Å². The van der Waals surface area contributed by atoms with E-state index < -0.39 is 0 Å². The summed E-state index contributed by atoms with van der Waals surface area (Å²) in [7, 11) is 0. The topological polar surface area (TPSA) is 48.1 Å². The van der Waals surface area contributed by atoms with E-state index in [0.717, 1.165) is 22.7 Å². The molecule has 2 heterocycles. The van der Waals surface area contributed by atoms with Gasteiger partial charge in [0.25, 0.3) is 0 Å². The van der Waals surface area contributed by atoms with Gasteiger partial charge in [-0.15, -0.1) is 0 Å². The zero-order valence-corrected chi connectivity index (χ0v) is 9.77. The molecule has 2 aromatic rings. The summed E-state index contributed by atoms with van der Waals surface area (Å²) in [6.45, 7) is 0.296. The molecule has 0 fully saturated rings. The molecular formula is C12H12B2N4. The van der Waals surface area contributed by atoms with Crippen LogP contribution in [0.2, 0.25) is 0 Å². The Labute approximate surface area is 106 Å². The van der Waals surface area contributed by atoms with Crippen LogP contribution in [0.4, 0.5) is 22.7 Å². The number of benzene rings is 2. The summed E-state index contributed by atoms with van der Waals surface area (Å²) in [5, 5.41) is 13.9. The van der Waals surface area contributed by atoms with Crippen LogP contribution in [0.5, 0.6) is 0 Å². The highest BCUT2D eigenvalue weighted by Crippen LogP contribution is 2.31. The van der Waals surface area contributed by atoms with Crippen LogP contribution in [0, 0.1) is 0 Å². The summed E-state index contributed by atoms with van der Waals surface area (Å²) in [6.07, 6.45) is 0. The third-order valence-electron chi connectivity index (χ3n) is 3.43. The first-order valence-electron chi connectivity index (χ1n) is 6.14. The monoisotopic (exact) mass is 234 g/mol. The Bertz CT molecular complexity index is 501. The molecule has 6 heteroatoms. The lowest BCUT2D eigenvalue weighted by Crippen LogP contribution is -2.53. The zero-order chi connectivity index (χ0) is 11.9. The van der Waals surface area contributed by atoms with Crippen LogP contribution in [0.25, 0.3) is 0 Å². The highest BCUT2D eigenvalue weighted by atomic mass is 15.1. The molecule has 0 unspecified atom stereocenters. The lowest BCUT2D eigenvalue weighted by molar-refractivity contribution is 1.70. The van der Waals surface area contributed by atoms with Gasteiger partial charge in [-0.2, -0.15) is 0 Å². The summed E-state index contributed by atoms with van der Waals surface area (Å²) in [6, 6.07) is 16.5. The highest BCUT2D eigenvalue weighted by Gasteiger charge is 2.40. The summed E-state index contributed by atoms with van der Waals surface area (Å²) < 4.78 is 0. The van der Waals surface area contributed by atoms with Crippen molar-refractivity contribution in [3.8, 4) is 0 Å². The maximum atomic E-state index is 3.48. The third kappa shape index (κ3) is 1.42. The van der Waals surface area contributed by atoms with Gasteiger partial charge in [-0.3, -0.25) is 0 Å². The Balaban J connectivity index is 1.56. The van der Waals surface area contributed by atoms with Gasteiger partial charge in [-0.25, -0.2) is 0 Å². The first-order valence-corrected chi connectivity index (χ1v) is 6.14. The number of para-hydroxylation sites is 4. The Kier molecular flexibility index (Phi) is 1.97. The predicted octanol–water partition coefficient (Wildman–Crippen LogP) is 2.12. The average molecular weight is 234 g/mol. The molecule has 2 aromatic carbocycles. The molecule has 0 aromatic heterocycles. The number of rotatable bonds is 1. The second-order valence-corrected chi connectivity index (χ2v) is 4.62. The molecule has 2 aliphatic rings. The van der Waals surface area contributed by atoms with E-state index in [-0.39, 0.29) is 13.7 Å². The van der Waals surface area contributed by atoms with E-state index >= 15 is 0 Å². The smallest absolute Gasteiger partial charge is 0.385 e. The summed E-state index contributed by atoms with van der Waals surface area (Å²) in [4.78, 5) is 0. The third-order valence-corrected chi connectivity index (χ3v) is 3.43. The molecule has 0 atom stereocenters. The molecule has 0 aliphatic carbocycles. The molecule has 4 nitrogen and oxygen atoms in total. The summed E-state index contributed by atoms with van der Waals surface area (Å²) in [5.41, 5.74) is 4.62. The molecule has 0 radical (unpaired) electrons. The number of anilines is 4. The molecule has 4 N–H and O–H groups in total. The van der Waals surface area contributed by atoms with Crippen molar-refractivity contribution >= 4 is 36.5 Å². The molecule has 0 spiro atoms. The van der Waals surface area contributed by atoms with Crippen LogP contribution in [0.1, 0.15) is 0 Å². The lowest BCUT2D eigenvalue weighted by Gasteiger charge is -2.12. The van der Waals surface area contributed by atoms with Crippen molar-refractivity contribution in [1.82, 2.24) is 0 Å². The van der Waals surface area contributed by atoms with Gasteiger partial charge in [-0.05, 0) is 24.3 Å². The minimum atomic E-state index is 0.148. The van der Waals surface area contributed by atoms with Gasteiger partial charge in [0.15, 0.2) is 0 Å². The largest absolute Gasteiger partial charge is 0.411 e. The normalized spacial score (nSPS) is 15.1. The molecule has 0 saturated carbocycles. The average Bonchev–Trinajstić information content (AvgIpc) is 3.02. The van der Waals surface area contributed by atoms with Crippen LogP contribution in [0.3, 0.4) is 0 Å². The molecule has 0 bridgehead atoms. The molecule has 4 rings (SSSR count). The minimum absolute atomic E-state index is 0.148. The Hall–Kier alpha value is -2.23. The van der Waals surface area contributed by atoms with E-state index in [1.807, 2.05) is 24.3 Å². The van der Waals surface area contributed by atoms with Crippen LogP contribution in [-0.4, -0.2) is 13.7 Å². The maximum Gasteiger partial charge on any atom is 0.385 e. The summed E-state index contributed by atoms with van der Waals surface area (Å²) in [5.74, 6) is 0.